The fourth-order valence-electron chi connectivity index (χ4n) is 3.00. The molecule has 22 heavy (non-hydrogen) atoms. The van der Waals surface area contributed by atoms with Gasteiger partial charge >= 0.3 is 0 Å². The van der Waals surface area contributed by atoms with Crippen LogP contribution in [0.15, 0.2) is 23.2 Å². The van der Waals surface area contributed by atoms with Crippen molar-refractivity contribution < 1.29 is 0 Å². The molecule has 2 aliphatic heterocycles. The summed E-state index contributed by atoms with van der Waals surface area (Å²) in [5.74, 6) is 1.16. The van der Waals surface area contributed by atoms with Crippen LogP contribution < -0.4 is 5.32 Å². The van der Waals surface area contributed by atoms with Gasteiger partial charge in [0.25, 0.3) is 0 Å². The summed E-state index contributed by atoms with van der Waals surface area (Å²) in [6, 6.07) is 6.17. The molecular weight excluding hydrogens is 317 g/mol. The number of halogens is 2. The summed E-state index contributed by atoms with van der Waals surface area (Å²) in [6.45, 7) is 7.84. The van der Waals surface area contributed by atoms with E-state index in [1.807, 2.05) is 32.0 Å². The lowest BCUT2D eigenvalue weighted by molar-refractivity contribution is 0.182. The number of benzene rings is 1. The van der Waals surface area contributed by atoms with Crippen LogP contribution in [0, 0.1) is 0 Å². The van der Waals surface area contributed by atoms with Crippen molar-refractivity contribution in [1.82, 2.24) is 10.2 Å². The molecular formula is C17H25Cl2N3. The van der Waals surface area contributed by atoms with Gasteiger partial charge in [-0.1, -0.05) is 49.5 Å². The normalized spacial score (nSPS) is 21.6. The van der Waals surface area contributed by atoms with Crippen molar-refractivity contribution in [2.45, 2.75) is 45.7 Å². The van der Waals surface area contributed by atoms with Crippen LogP contribution in [0.4, 0.5) is 0 Å². The number of hydrogen-bond acceptors (Lipinski definition) is 3. The molecule has 0 saturated carbocycles. The molecule has 1 aromatic carbocycles. The standard InChI is InChI=1S/C15H19Cl2N3.C2H6/c16-12-5-4-11(13(17)9-12)10-20-8-2-1-3-14(20)15-18-6-7-19-15;1-2/h4-5,9,14H,1-3,6-8,10H2,(H,18,19);1-2H3. The van der Waals surface area contributed by atoms with E-state index in [1.165, 1.54) is 19.3 Å². The molecule has 122 valence electrons. The summed E-state index contributed by atoms with van der Waals surface area (Å²) in [5.41, 5.74) is 1.14. The highest BCUT2D eigenvalue weighted by molar-refractivity contribution is 6.35. The van der Waals surface area contributed by atoms with E-state index in [0.29, 0.717) is 11.1 Å². The number of piperidine rings is 1. The minimum Gasteiger partial charge on any atom is -0.371 e. The Kier molecular flexibility index (Phi) is 7.00. The largest absolute Gasteiger partial charge is 0.371 e. The maximum Gasteiger partial charge on any atom is 0.114 e. The molecule has 5 heteroatoms. The van der Waals surface area contributed by atoms with Crippen LogP contribution in [0.2, 0.25) is 10.0 Å². The number of nitrogens with zero attached hydrogens (tertiary/aromatic N) is 2. The molecule has 3 rings (SSSR count). The Morgan fingerprint density at radius 3 is 2.77 bits per heavy atom. The summed E-state index contributed by atoms with van der Waals surface area (Å²) >= 11 is 12.3. The maximum atomic E-state index is 6.30. The summed E-state index contributed by atoms with van der Waals surface area (Å²) in [5, 5.41) is 4.86. The molecule has 0 bridgehead atoms. The molecule has 1 aromatic rings. The highest BCUT2D eigenvalue weighted by Crippen LogP contribution is 2.26. The lowest BCUT2D eigenvalue weighted by Gasteiger charge is -2.35. The van der Waals surface area contributed by atoms with Gasteiger partial charge in [-0.2, -0.15) is 0 Å². The van der Waals surface area contributed by atoms with E-state index < -0.39 is 0 Å². The van der Waals surface area contributed by atoms with Gasteiger partial charge in [0.05, 0.1) is 12.6 Å². The Morgan fingerprint density at radius 1 is 1.27 bits per heavy atom. The van der Waals surface area contributed by atoms with Gasteiger partial charge in [0.15, 0.2) is 0 Å². The smallest absolute Gasteiger partial charge is 0.114 e. The van der Waals surface area contributed by atoms with Crippen LogP contribution in [-0.4, -0.2) is 36.4 Å². The van der Waals surface area contributed by atoms with E-state index in [1.54, 1.807) is 0 Å². The first-order valence-corrected chi connectivity index (χ1v) is 8.96. The van der Waals surface area contributed by atoms with E-state index in [-0.39, 0.29) is 0 Å². The van der Waals surface area contributed by atoms with E-state index >= 15 is 0 Å². The van der Waals surface area contributed by atoms with Crippen LogP contribution in [0.25, 0.3) is 0 Å². The number of likely N-dealkylation sites (tertiary alicyclic amines) is 1. The molecule has 3 nitrogen and oxygen atoms in total. The highest BCUT2D eigenvalue weighted by Gasteiger charge is 2.28. The van der Waals surface area contributed by atoms with Gasteiger partial charge in [-0.05, 0) is 37.1 Å². The first kappa shape index (κ1) is 17.6. The van der Waals surface area contributed by atoms with Crippen molar-refractivity contribution in [2.75, 3.05) is 19.6 Å². The van der Waals surface area contributed by atoms with Crippen molar-refractivity contribution in [3.05, 3.63) is 33.8 Å². The minimum absolute atomic E-state index is 0.415. The predicted molar refractivity (Wildman–Crippen MR) is 96.2 cm³/mol. The second-order valence-corrected chi connectivity index (χ2v) is 6.26. The number of rotatable bonds is 3. The maximum absolute atomic E-state index is 6.30. The van der Waals surface area contributed by atoms with E-state index in [4.69, 9.17) is 23.2 Å². The Labute approximate surface area is 143 Å². The molecule has 1 N–H and O–H groups in total. The third-order valence-electron chi connectivity index (χ3n) is 4.02. The summed E-state index contributed by atoms with van der Waals surface area (Å²) in [6.07, 6.45) is 3.70. The van der Waals surface area contributed by atoms with Gasteiger partial charge in [-0.3, -0.25) is 9.89 Å². The molecule has 1 atom stereocenters. The molecule has 1 fully saturated rings. The molecule has 0 aromatic heterocycles. The Balaban J connectivity index is 0.000000847. The number of hydrogen-bond donors (Lipinski definition) is 1. The van der Waals surface area contributed by atoms with Gasteiger partial charge in [0, 0.05) is 23.1 Å². The molecule has 0 amide bonds. The van der Waals surface area contributed by atoms with Crippen molar-refractivity contribution in [3.63, 3.8) is 0 Å². The lowest BCUT2D eigenvalue weighted by Crippen LogP contribution is -2.47. The topological polar surface area (TPSA) is 27.6 Å². The zero-order valence-electron chi connectivity index (χ0n) is 13.4. The average molecular weight is 342 g/mol. The van der Waals surface area contributed by atoms with E-state index in [0.717, 1.165) is 42.6 Å². The Bertz CT molecular complexity index is 517. The molecule has 1 saturated heterocycles. The monoisotopic (exact) mass is 341 g/mol. The second kappa shape index (κ2) is 8.76. The average Bonchev–Trinajstić information content (AvgIpc) is 3.07. The molecule has 2 heterocycles. The number of amidine groups is 1. The van der Waals surface area contributed by atoms with Crippen LogP contribution in [-0.2, 0) is 6.54 Å². The Hall–Kier alpha value is -0.770. The van der Waals surface area contributed by atoms with Crippen LogP contribution in [0.5, 0.6) is 0 Å². The molecule has 0 spiro atoms. The quantitative estimate of drug-likeness (QED) is 0.883. The van der Waals surface area contributed by atoms with Gasteiger partial charge in [0.2, 0.25) is 0 Å². The lowest BCUT2D eigenvalue weighted by atomic mass is 10.00. The first-order chi connectivity index (χ1) is 10.7. The molecule has 0 aliphatic carbocycles. The van der Waals surface area contributed by atoms with Crippen LogP contribution in [0.1, 0.15) is 38.7 Å². The van der Waals surface area contributed by atoms with Gasteiger partial charge in [-0.25, -0.2) is 0 Å². The van der Waals surface area contributed by atoms with E-state index in [2.05, 4.69) is 15.2 Å². The number of nitrogens with one attached hydrogen (secondary N) is 1. The van der Waals surface area contributed by atoms with Crippen molar-refractivity contribution >= 4 is 29.0 Å². The number of aliphatic imine (C=N–C) groups is 1. The van der Waals surface area contributed by atoms with Gasteiger partial charge in [-0.15, -0.1) is 0 Å². The summed E-state index contributed by atoms with van der Waals surface area (Å²) in [7, 11) is 0. The fraction of sp³-hybridized carbons (Fsp3) is 0.588. The van der Waals surface area contributed by atoms with Crippen molar-refractivity contribution in [1.29, 1.82) is 0 Å². The predicted octanol–water partition coefficient (Wildman–Crippen LogP) is 4.38. The fourth-order valence-corrected chi connectivity index (χ4v) is 3.47. The zero-order valence-corrected chi connectivity index (χ0v) is 14.9. The van der Waals surface area contributed by atoms with Crippen LogP contribution in [0.3, 0.4) is 0 Å². The van der Waals surface area contributed by atoms with Crippen LogP contribution >= 0.6 is 23.2 Å². The second-order valence-electron chi connectivity index (χ2n) is 5.41. The molecule has 0 radical (unpaired) electrons. The molecule has 2 aliphatic rings. The summed E-state index contributed by atoms with van der Waals surface area (Å²) < 4.78 is 0. The SMILES string of the molecule is CC.Clc1ccc(CN2CCCCC2C2=NCCN2)c(Cl)c1. The Morgan fingerprint density at radius 2 is 2.09 bits per heavy atom. The first-order valence-electron chi connectivity index (χ1n) is 8.20. The van der Waals surface area contributed by atoms with E-state index in [9.17, 15) is 0 Å². The zero-order chi connectivity index (χ0) is 15.9. The molecule has 1 unspecified atom stereocenters. The summed E-state index contributed by atoms with van der Waals surface area (Å²) in [4.78, 5) is 7.08. The van der Waals surface area contributed by atoms with Gasteiger partial charge in [0.1, 0.15) is 5.84 Å². The third-order valence-corrected chi connectivity index (χ3v) is 4.60. The minimum atomic E-state index is 0.415. The van der Waals surface area contributed by atoms with Crippen molar-refractivity contribution in [3.8, 4) is 0 Å². The third kappa shape index (κ3) is 4.37. The van der Waals surface area contributed by atoms with Gasteiger partial charge < -0.3 is 5.32 Å². The van der Waals surface area contributed by atoms with Crippen molar-refractivity contribution in [2.24, 2.45) is 4.99 Å². The highest BCUT2D eigenvalue weighted by atomic mass is 35.5.